The van der Waals surface area contributed by atoms with Crippen LogP contribution in [0.15, 0.2) is 93.9 Å². The van der Waals surface area contributed by atoms with Crippen molar-refractivity contribution in [1.29, 1.82) is 0 Å². The lowest BCUT2D eigenvalue weighted by Crippen LogP contribution is -2.22. The van der Waals surface area contributed by atoms with E-state index >= 15 is 0 Å². The van der Waals surface area contributed by atoms with Gasteiger partial charge in [0.25, 0.3) is 0 Å². The molecule has 0 bridgehead atoms. The number of benzene rings is 3. The Bertz CT molecular complexity index is 2480. The van der Waals surface area contributed by atoms with Crippen molar-refractivity contribution in [2.75, 3.05) is 0 Å². The fourth-order valence-electron chi connectivity index (χ4n) is 6.36. The first kappa shape index (κ1) is 41.7. The summed E-state index contributed by atoms with van der Waals surface area (Å²) in [4.78, 5) is 29.3. The van der Waals surface area contributed by atoms with E-state index in [0.29, 0.717) is 17.4 Å². The number of furan rings is 1. The lowest BCUT2D eigenvalue weighted by molar-refractivity contribution is 0.0844. The number of carbonyl (C=O) groups is 2. The normalized spacial score (nSPS) is 12.0. The van der Waals surface area contributed by atoms with Crippen LogP contribution in [0.25, 0.3) is 44.7 Å². The molecule has 0 aliphatic rings. The summed E-state index contributed by atoms with van der Waals surface area (Å²) < 4.78 is 15.1. The van der Waals surface area contributed by atoms with Gasteiger partial charge in [-0.1, -0.05) is 133 Å². The minimum Gasteiger partial charge on any atom is -0.454 e. The fraction of sp³-hybridized carbons (Fsp3) is 0.375. The van der Waals surface area contributed by atoms with Gasteiger partial charge in [0.15, 0.2) is 17.1 Å². The van der Waals surface area contributed by atoms with E-state index in [1.807, 2.05) is 113 Å². The van der Waals surface area contributed by atoms with Crippen molar-refractivity contribution < 1.29 is 18.5 Å². The highest BCUT2D eigenvalue weighted by atomic mass is 16.5. The van der Waals surface area contributed by atoms with Crippen molar-refractivity contribution in [1.82, 2.24) is 19.3 Å². The molecular weight excluding hydrogens is 697 g/mol. The highest BCUT2D eigenvalue weighted by molar-refractivity contribution is 6.03. The number of aryl methyl sites for hydroxylation is 5. The van der Waals surface area contributed by atoms with E-state index in [2.05, 4.69) is 88.1 Å². The van der Waals surface area contributed by atoms with Crippen LogP contribution in [0.5, 0.6) is 0 Å². The Morgan fingerprint density at radius 1 is 0.661 bits per heavy atom. The van der Waals surface area contributed by atoms with Gasteiger partial charge in [0.2, 0.25) is 11.7 Å². The lowest BCUT2D eigenvalue weighted by Gasteiger charge is -2.16. The third-order valence-corrected chi connectivity index (χ3v) is 9.63. The Labute approximate surface area is 331 Å². The third kappa shape index (κ3) is 9.65. The standard InChI is InChI=1S/C19H21NO2.C15H19NO.C14H18N2O/c1-12-6-8-13(9-7-12)16-10-14-17(22-16)11-15(20(14)5)18(21)19(2,3)4;1-10-6-7-12-11(8-10)9-13(16(12)5)14(17)15(2,3)4;1-10-7-5-6-8-11(10)13-15-12(17-16-13)9-14(2,3)4/h6-11H,1-5H3;6-9H,1-5H3;5-8H,9H2,1-4H3. The van der Waals surface area contributed by atoms with Crippen molar-refractivity contribution in [3.8, 4) is 22.7 Å². The number of ketones is 2. The van der Waals surface area contributed by atoms with E-state index < -0.39 is 5.41 Å². The van der Waals surface area contributed by atoms with Gasteiger partial charge in [0.05, 0.1) is 16.9 Å². The van der Waals surface area contributed by atoms with E-state index in [4.69, 9.17) is 8.94 Å². The monoisotopic (exact) mass is 754 g/mol. The molecule has 0 aliphatic carbocycles. The molecule has 56 heavy (non-hydrogen) atoms. The molecule has 0 aliphatic heterocycles. The number of hydrogen-bond acceptors (Lipinski definition) is 6. The molecule has 0 saturated carbocycles. The molecule has 0 saturated heterocycles. The van der Waals surface area contributed by atoms with Gasteiger partial charge in [-0.15, -0.1) is 0 Å². The SMILES string of the molecule is Cc1ccc(-c2cc3c(cc(C(=O)C(C)(C)C)n3C)o2)cc1.Cc1ccc2c(c1)cc(C(=O)C(C)(C)C)n2C.Cc1ccccc1-c1noc(CC(C)(C)C)n1. The zero-order valence-corrected chi connectivity index (χ0v) is 35.7. The summed E-state index contributed by atoms with van der Waals surface area (Å²) in [6, 6.07) is 28.4. The molecule has 0 fully saturated rings. The minimum absolute atomic E-state index is 0.123. The number of nitrogens with zero attached hydrogens (tertiary/aromatic N) is 4. The van der Waals surface area contributed by atoms with Gasteiger partial charge in [0, 0.05) is 65.5 Å². The maximum Gasteiger partial charge on any atom is 0.227 e. The van der Waals surface area contributed by atoms with Crippen LogP contribution < -0.4 is 0 Å². The van der Waals surface area contributed by atoms with E-state index in [1.165, 1.54) is 11.1 Å². The van der Waals surface area contributed by atoms with Gasteiger partial charge in [-0.05, 0) is 49.9 Å². The zero-order valence-electron chi connectivity index (χ0n) is 35.7. The van der Waals surface area contributed by atoms with Crippen molar-refractivity contribution >= 4 is 33.6 Å². The number of Topliss-reactive ketones (excluding diaryl/α,β-unsaturated/α-hetero) is 2. The van der Waals surface area contributed by atoms with E-state index in [0.717, 1.165) is 56.6 Å². The molecule has 0 radical (unpaired) electrons. The van der Waals surface area contributed by atoms with Gasteiger partial charge < -0.3 is 18.1 Å². The first-order valence-corrected chi connectivity index (χ1v) is 19.2. The predicted octanol–water partition coefficient (Wildman–Crippen LogP) is 12.3. The summed E-state index contributed by atoms with van der Waals surface area (Å²) >= 11 is 0. The van der Waals surface area contributed by atoms with Crippen LogP contribution in [0, 0.1) is 37.0 Å². The average molecular weight is 755 g/mol. The van der Waals surface area contributed by atoms with Crippen LogP contribution in [0.2, 0.25) is 0 Å². The van der Waals surface area contributed by atoms with Gasteiger partial charge in [-0.25, -0.2) is 0 Å². The molecule has 8 heteroatoms. The zero-order chi connectivity index (χ0) is 41.3. The van der Waals surface area contributed by atoms with Crippen molar-refractivity contribution in [2.45, 2.75) is 89.5 Å². The smallest absolute Gasteiger partial charge is 0.227 e. The molecular formula is C48H58N4O4. The Morgan fingerprint density at radius 3 is 1.80 bits per heavy atom. The molecule has 0 unspecified atom stereocenters. The van der Waals surface area contributed by atoms with Crippen LogP contribution in [-0.4, -0.2) is 30.8 Å². The quantitative estimate of drug-likeness (QED) is 0.162. The van der Waals surface area contributed by atoms with Gasteiger partial charge in [-0.3, -0.25) is 9.59 Å². The second-order valence-electron chi connectivity index (χ2n) is 18.2. The molecule has 0 spiro atoms. The summed E-state index contributed by atoms with van der Waals surface area (Å²) in [5.41, 5.74) is 9.41. The molecule has 4 heterocycles. The summed E-state index contributed by atoms with van der Waals surface area (Å²) in [6.45, 7) is 24.3. The fourth-order valence-corrected chi connectivity index (χ4v) is 6.36. The Balaban J connectivity index is 0.000000163. The summed E-state index contributed by atoms with van der Waals surface area (Å²) in [5.74, 6) is 2.53. The van der Waals surface area contributed by atoms with Gasteiger partial charge in [-0.2, -0.15) is 4.98 Å². The predicted molar refractivity (Wildman–Crippen MR) is 228 cm³/mol. The number of carbonyl (C=O) groups excluding carboxylic acids is 2. The molecule has 0 atom stereocenters. The molecule has 294 valence electrons. The first-order valence-electron chi connectivity index (χ1n) is 19.2. The maximum atomic E-state index is 12.5. The molecule has 0 N–H and O–H groups in total. The topological polar surface area (TPSA) is 96.1 Å². The van der Waals surface area contributed by atoms with Gasteiger partial charge >= 0.3 is 0 Å². The summed E-state index contributed by atoms with van der Waals surface area (Å²) in [5, 5.41) is 5.18. The third-order valence-electron chi connectivity index (χ3n) is 9.63. The number of fused-ring (bicyclic) bond motifs is 2. The van der Waals surface area contributed by atoms with Crippen LogP contribution >= 0.6 is 0 Å². The number of hydrogen-bond donors (Lipinski definition) is 0. The number of rotatable bonds is 5. The average Bonchev–Trinajstić information content (AvgIpc) is 3.88. The van der Waals surface area contributed by atoms with Crippen LogP contribution in [0.3, 0.4) is 0 Å². The van der Waals surface area contributed by atoms with E-state index in [9.17, 15) is 9.59 Å². The summed E-state index contributed by atoms with van der Waals surface area (Å²) in [7, 11) is 3.87. The largest absolute Gasteiger partial charge is 0.454 e. The van der Waals surface area contributed by atoms with Gasteiger partial charge in [0.1, 0.15) is 5.76 Å². The Kier molecular flexibility index (Phi) is 11.8. The van der Waals surface area contributed by atoms with Crippen LogP contribution in [0.1, 0.15) is 106 Å². The lowest BCUT2D eigenvalue weighted by atomic mass is 9.89. The molecule has 3 aromatic carbocycles. The van der Waals surface area contributed by atoms with Crippen molar-refractivity contribution in [3.05, 3.63) is 119 Å². The highest BCUT2D eigenvalue weighted by Crippen LogP contribution is 2.32. The Hall–Kier alpha value is -5.50. The van der Waals surface area contributed by atoms with E-state index in [1.54, 1.807) is 0 Å². The van der Waals surface area contributed by atoms with Crippen molar-refractivity contribution in [2.24, 2.45) is 30.3 Å². The second kappa shape index (κ2) is 15.9. The molecule has 7 rings (SSSR count). The van der Waals surface area contributed by atoms with E-state index in [-0.39, 0.29) is 22.4 Å². The van der Waals surface area contributed by atoms with Crippen LogP contribution in [-0.2, 0) is 20.5 Å². The first-order chi connectivity index (χ1) is 26.0. The number of aromatic nitrogens is 4. The minimum atomic E-state index is -0.399. The second-order valence-corrected chi connectivity index (χ2v) is 18.2. The molecule has 8 nitrogen and oxygen atoms in total. The molecule has 4 aromatic heterocycles. The van der Waals surface area contributed by atoms with Crippen molar-refractivity contribution in [3.63, 3.8) is 0 Å². The highest BCUT2D eigenvalue weighted by Gasteiger charge is 2.28. The maximum absolute atomic E-state index is 12.5. The Morgan fingerprint density at radius 2 is 1.23 bits per heavy atom. The molecule has 0 amide bonds. The molecule has 7 aromatic rings. The van der Waals surface area contributed by atoms with Crippen LogP contribution in [0.4, 0.5) is 0 Å². The summed E-state index contributed by atoms with van der Waals surface area (Å²) in [6.07, 6.45) is 0.798.